The fraction of sp³-hybridized carbons (Fsp3) is 0.167. The van der Waals surface area contributed by atoms with Crippen LogP contribution in [0.5, 0.6) is 0 Å². The molecule has 2 rings (SSSR count). The SMILES string of the molecule is CCOC(=O)c1coc(Sc2ccc(Cl)cc2)n1. The Morgan fingerprint density at radius 2 is 2.17 bits per heavy atom. The number of hydrogen-bond donors (Lipinski definition) is 0. The summed E-state index contributed by atoms with van der Waals surface area (Å²) in [5.74, 6) is -0.482. The number of halogens is 1. The topological polar surface area (TPSA) is 52.3 Å². The number of oxazole rings is 1. The van der Waals surface area contributed by atoms with E-state index in [2.05, 4.69) is 4.98 Å². The summed E-state index contributed by atoms with van der Waals surface area (Å²) in [6.45, 7) is 2.05. The molecule has 18 heavy (non-hydrogen) atoms. The highest BCUT2D eigenvalue weighted by Crippen LogP contribution is 2.27. The highest BCUT2D eigenvalue weighted by molar-refractivity contribution is 7.99. The number of nitrogens with zero attached hydrogens (tertiary/aromatic N) is 1. The minimum absolute atomic E-state index is 0.174. The van der Waals surface area contributed by atoms with Crippen molar-refractivity contribution in [2.45, 2.75) is 17.0 Å². The first-order chi connectivity index (χ1) is 8.69. The van der Waals surface area contributed by atoms with Crippen LogP contribution in [0.3, 0.4) is 0 Å². The van der Waals surface area contributed by atoms with E-state index in [1.807, 2.05) is 12.1 Å². The number of carbonyl (C=O) groups excluding carboxylic acids is 1. The third-order valence-corrected chi connectivity index (χ3v) is 3.11. The Kier molecular flexibility index (Phi) is 4.28. The van der Waals surface area contributed by atoms with Gasteiger partial charge in [0.2, 0.25) is 0 Å². The van der Waals surface area contributed by atoms with Gasteiger partial charge in [0.05, 0.1) is 6.61 Å². The lowest BCUT2D eigenvalue weighted by Gasteiger charge is -1.96. The van der Waals surface area contributed by atoms with Crippen molar-refractivity contribution in [2.24, 2.45) is 0 Å². The van der Waals surface area contributed by atoms with E-state index in [0.717, 1.165) is 4.90 Å². The molecule has 6 heteroatoms. The quantitative estimate of drug-likeness (QED) is 0.802. The van der Waals surface area contributed by atoms with Gasteiger partial charge in [-0.3, -0.25) is 0 Å². The van der Waals surface area contributed by atoms with Crippen LogP contribution in [-0.4, -0.2) is 17.6 Å². The van der Waals surface area contributed by atoms with Crippen molar-refractivity contribution in [2.75, 3.05) is 6.61 Å². The van der Waals surface area contributed by atoms with Crippen LogP contribution in [0.25, 0.3) is 0 Å². The van der Waals surface area contributed by atoms with Gasteiger partial charge >= 0.3 is 5.97 Å². The first kappa shape index (κ1) is 13.0. The van der Waals surface area contributed by atoms with Crippen LogP contribution in [0.15, 0.2) is 45.1 Å². The molecule has 0 aliphatic rings. The summed E-state index contributed by atoms with van der Waals surface area (Å²) in [4.78, 5) is 16.3. The maximum absolute atomic E-state index is 11.4. The molecule has 0 aliphatic carbocycles. The molecule has 1 aromatic carbocycles. The van der Waals surface area contributed by atoms with Crippen LogP contribution >= 0.6 is 23.4 Å². The lowest BCUT2D eigenvalue weighted by atomic mass is 10.4. The number of aromatic nitrogens is 1. The second-order valence-electron chi connectivity index (χ2n) is 3.28. The Morgan fingerprint density at radius 3 is 2.83 bits per heavy atom. The van der Waals surface area contributed by atoms with E-state index in [1.165, 1.54) is 18.0 Å². The minimum Gasteiger partial charge on any atom is -0.461 e. The summed E-state index contributed by atoms with van der Waals surface area (Å²) in [7, 11) is 0. The molecule has 0 radical (unpaired) electrons. The average Bonchev–Trinajstić information content (AvgIpc) is 2.81. The maximum Gasteiger partial charge on any atom is 0.360 e. The van der Waals surface area contributed by atoms with Crippen LogP contribution in [0, 0.1) is 0 Å². The van der Waals surface area contributed by atoms with Gasteiger partial charge in [0.15, 0.2) is 5.69 Å². The molecule has 4 nitrogen and oxygen atoms in total. The van der Waals surface area contributed by atoms with E-state index in [-0.39, 0.29) is 5.69 Å². The second-order valence-corrected chi connectivity index (χ2v) is 4.74. The molecule has 1 heterocycles. The predicted molar refractivity (Wildman–Crippen MR) is 68.0 cm³/mol. The van der Waals surface area contributed by atoms with Crippen molar-refractivity contribution in [3.05, 3.63) is 41.2 Å². The Bertz CT molecular complexity index is 539. The van der Waals surface area contributed by atoms with Crippen LogP contribution < -0.4 is 0 Å². The summed E-state index contributed by atoms with van der Waals surface area (Å²) in [6.07, 6.45) is 1.29. The standard InChI is InChI=1S/C12H10ClNO3S/c1-2-16-11(15)10-7-17-12(14-10)18-9-5-3-8(13)4-6-9/h3-7H,2H2,1H3. The molecule has 0 fully saturated rings. The maximum atomic E-state index is 11.4. The number of rotatable bonds is 4. The first-order valence-electron chi connectivity index (χ1n) is 5.25. The number of carbonyl (C=O) groups is 1. The van der Waals surface area contributed by atoms with Crippen molar-refractivity contribution in [1.29, 1.82) is 0 Å². The van der Waals surface area contributed by atoms with Gasteiger partial charge in [0, 0.05) is 9.92 Å². The molecular formula is C12H10ClNO3S. The highest BCUT2D eigenvalue weighted by atomic mass is 35.5. The Labute approximate surface area is 113 Å². The van der Waals surface area contributed by atoms with Gasteiger partial charge in [-0.1, -0.05) is 11.6 Å². The van der Waals surface area contributed by atoms with Gasteiger partial charge in [-0.15, -0.1) is 0 Å². The smallest absolute Gasteiger partial charge is 0.360 e. The number of hydrogen-bond acceptors (Lipinski definition) is 5. The normalized spacial score (nSPS) is 10.3. The van der Waals surface area contributed by atoms with Gasteiger partial charge in [0.1, 0.15) is 6.26 Å². The Hall–Kier alpha value is -1.46. The van der Waals surface area contributed by atoms with Gasteiger partial charge < -0.3 is 9.15 Å². The first-order valence-corrected chi connectivity index (χ1v) is 6.44. The van der Waals surface area contributed by atoms with E-state index in [0.29, 0.717) is 16.9 Å². The average molecular weight is 284 g/mol. The molecule has 0 unspecified atom stereocenters. The summed E-state index contributed by atoms with van der Waals surface area (Å²) >= 11 is 7.09. The zero-order valence-corrected chi connectivity index (χ0v) is 11.1. The van der Waals surface area contributed by atoms with E-state index in [9.17, 15) is 4.79 Å². The van der Waals surface area contributed by atoms with E-state index < -0.39 is 5.97 Å². The van der Waals surface area contributed by atoms with Crippen molar-refractivity contribution in [3.8, 4) is 0 Å². The lowest BCUT2D eigenvalue weighted by Crippen LogP contribution is -2.04. The predicted octanol–water partition coefficient (Wildman–Crippen LogP) is 3.66. The molecular weight excluding hydrogens is 274 g/mol. The number of esters is 1. The van der Waals surface area contributed by atoms with Crippen LogP contribution in [-0.2, 0) is 4.74 Å². The van der Waals surface area contributed by atoms with Gasteiger partial charge in [0.25, 0.3) is 5.22 Å². The second kappa shape index (κ2) is 5.93. The van der Waals surface area contributed by atoms with Gasteiger partial charge in [-0.25, -0.2) is 4.79 Å². The van der Waals surface area contributed by atoms with Crippen LogP contribution in [0.2, 0.25) is 5.02 Å². The summed E-state index contributed by atoms with van der Waals surface area (Å²) in [6, 6.07) is 7.25. The summed E-state index contributed by atoms with van der Waals surface area (Å²) < 4.78 is 10.0. The van der Waals surface area contributed by atoms with Crippen LogP contribution in [0.4, 0.5) is 0 Å². The molecule has 0 bridgehead atoms. The summed E-state index contributed by atoms with van der Waals surface area (Å²) in [5, 5.41) is 1.05. The largest absolute Gasteiger partial charge is 0.461 e. The third-order valence-electron chi connectivity index (χ3n) is 1.99. The molecule has 1 aromatic heterocycles. The van der Waals surface area contributed by atoms with E-state index in [1.54, 1.807) is 19.1 Å². The monoisotopic (exact) mass is 283 g/mol. The molecule has 0 saturated heterocycles. The fourth-order valence-corrected chi connectivity index (χ4v) is 2.05. The molecule has 0 N–H and O–H groups in total. The van der Waals surface area contributed by atoms with Gasteiger partial charge in [-0.05, 0) is 43.0 Å². The van der Waals surface area contributed by atoms with Gasteiger partial charge in [-0.2, -0.15) is 4.98 Å². The lowest BCUT2D eigenvalue weighted by molar-refractivity contribution is 0.0519. The molecule has 0 saturated carbocycles. The summed E-state index contributed by atoms with van der Waals surface area (Å²) in [5.41, 5.74) is 0.174. The molecule has 0 aliphatic heterocycles. The van der Waals surface area contributed by atoms with E-state index in [4.69, 9.17) is 20.8 Å². The zero-order chi connectivity index (χ0) is 13.0. The highest BCUT2D eigenvalue weighted by Gasteiger charge is 2.13. The molecule has 2 aromatic rings. The van der Waals surface area contributed by atoms with Crippen molar-refractivity contribution in [3.63, 3.8) is 0 Å². The van der Waals surface area contributed by atoms with Crippen molar-refractivity contribution < 1.29 is 13.9 Å². The molecule has 94 valence electrons. The van der Waals surface area contributed by atoms with Crippen LogP contribution in [0.1, 0.15) is 17.4 Å². The third kappa shape index (κ3) is 3.27. The van der Waals surface area contributed by atoms with E-state index >= 15 is 0 Å². The number of ether oxygens (including phenoxy) is 1. The fourth-order valence-electron chi connectivity index (χ4n) is 1.21. The Morgan fingerprint density at radius 1 is 1.44 bits per heavy atom. The molecule has 0 atom stereocenters. The zero-order valence-electron chi connectivity index (χ0n) is 9.55. The number of benzene rings is 1. The Balaban J connectivity index is 2.06. The molecule has 0 spiro atoms. The molecule has 0 amide bonds. The minimum atomic E-state index is -0.482. The van der Waals surface area contributed by atoms with Crippen molar-refractivity contribution >= 4 is 29.3 Å². The van der Waals surface area contributed by atoms with Crippen molar-refractivity contribution in [1.82, 2.24) is 4.98 Å².